The van der Waals surface area contributed by atoms with Crippen LogP contribution >= 0.6 is 0 Å². The van der Waals surface area contributed by atoms with Crippen LogP contribution in [0.5, 0.6) is 0 Å². The van der Waals surface area contributed by atoms with Crippen LogP contribution in [0.3, 0.4) is 0 Å². The summed E-state index contributed by atoms with van der Waals surface area (Å²) in [5, 5.41) is 0. The fourth-order valence-electron chi connectivity index (χ4n) is 1.59. The van der Waals surface area contributed by atoms with E-state index in [1.165, 1.54) is 0 Å². The number of rotatable bonds is 3. The lowest BCUT2D eigenvalue weighted by molar-refractivity contribution is 0.0961. The first-order valence-electron chi connectivity index (χ1n) is 5.19. The van der Waals surface area contributed by atoms with Crippen molar-refractivity contribution in [3.63, 3.8) is 0 Å². The summed E-state index contributed by atoms with van der Waals surface area (Å²) >= 11 is 0. The van der Waals surface area contributed by atoms with E-state index in [4.69, 9.17) is 5.73 Å². The summed E-state index contributed by atoms with van der Waals surface area (Å²) in [5.74, 6) is -0.0493. The molecule has 0 radical (unpaired) electrons. The zero-order chi connectivity index (χ0) is 11.4. The molecule has 2 aromatic rings. The highest BCUT2D eigenvalue weighted by Crippen LogP contribution is 2.15. The normalized spacial score (nSPS) is 12.1. The van der Waals surface area contributed by atoms with Crippen molar-refractivity contribution in [2.75, 3.05) is 0 Å². The van der Waals surface area contributed by atoms with Crippen LogP contribution in [0.25, 0.3) is 0 Å². The number of carbonyl (C=O) groups is 1. The first kappa shape index (κ1) is 10.6. The minimum Gasteiger partial charge on any atom is -0.318 e. The monoisotopic (exact) mass is 211 g/mol. The van der Waals surface area contributed by atoms with Crippen LogP contribution in [0, 0.1) is 0 Å². The Kier molecular flexibility index (Phi) is 3.13. The zero-order valence-corrected chi connectivity index (χ0v) is 8.84. The SMILES string of the molecule is N[C@H](C(=O)c1ccccc1)c1ccccc1. The molecule has 2 nitrogen and oxygen atoms in total. The van der Waals surface area contributed by atoms with Gasteiger partial charge in [0.25, 0.3) is 0 Å². The molecule has 0 saturated heterocycles. The molecule has 0 aliphatic heterocycles. The van der Waals surface area contributed by atoms with Gasteiger partial charge in [-0.05, 0) is 5.56 Å². The Labute approximate surface area is 94.7 Å². The second-order valence-corrected chi connectivity index (χ2v) is 3.62. The molecule has 0 aliphatic carbocycles. The molecule has 0 unspecified atom stereocenters. The van der Waals surface area contributed by atoms with Gasteiger partial charge in [0.15, 0.2) is 5.78 Å². The van der Waals surface area contributed by atoms with Gasteiger partial charge in [-0.3, -0.25) is 4.79 Å². The lowest BCUT2D eigenvalue weighted by Gasteiger charge is -2.10. The van der Waals surface area contributed by atoms with Gasteiger partial charge in [0, 0.05) is 5.56 Å². The molecule has 0 aromatic heterocycles. The molecule has 0 saturated carbocycles. The van der Waals surface area contributed by atoms with Crippen molar-refractivity contribution in [3.8, 4) is 0 Å². The Morgan fingerprint density at radius 1 is 0.875 bits per heavy atom. The Morgan fingerprint density at radius 3 is 1.94 bits per heavy atom. The third kappa shape index (κ3) is 2.18. The summed E-state index contributed by atoms with van der Waals surface area (Å²) < 4.78 is 0. The van der Waals surface area contributed by atoms with Crippen LogP contribution in [0.1, 0.15) is 22.0 Å². The minimum absolute atomic E-state index is 0.0493. The largest absolute Gasteiger partial charge is 0.318 e. The van der Waals surface area contributed by atoms with Gasteiger partial charge in [-0.15, -0.1) is 0 Å². The van der Waals surface area contributed by atoms with Crippen LogP contribution < -0.4 is 5.73 Å². The fraction of sp³-hybridized carbons (Fsp3) is 0.0714. The predicted octanol–water partition coefficient (Wildman–Crippen LogP) is 2.57. The molecule has 0 amide bonds. The van der Waals surface area contributed by atoms with Crippen molar-refractivity contribution in [2.24, 2.45) is 5.73 Å². The molecule has 0 bridgehead atoms. The number of benzene rings is 2. The van der Waals surface area contributed by atoms with E-state index in [9.17, 15) is 4.79 Å². The van der Waals surface area contributed by atoms with Gasteiger partial charge in [-0.1, -0.05) is 60.7 Å². The second kappa shape index (κ2) is 4.73. The number of carbonyl (C=O) groups excluding carboxylic acids is 1. The van der Waals surface area contributed by atoms with Gasteiger partial charge in [0.05, 0.1) is 6.04 Å². The molecular weight excluding hydrogens is 198 g/mol. The number of nitrogens with two attached hydrogens (primary N) is 1. The smallest absolute Gasteiger partial charge is 0.184 e. The first-order valence-corrected chi connectivity index (χ1v) is 5.19. The molecule has 2 rings (SSSR count). The molecule has 2 heteroatoms. The first-order chi connectivity index (χ1) is 7.79. The Bertz CT molecular complexity index is 465. The highest BCUT2D eigenvalue weighted by atomic mass is 16.1. The lowest BCUT2D eigenvalue weighted by atomic mass is 9.98. The fourth-order valence-corrected chi connectivity index (χ4v) is 1.59. The van der Waals surface area contributed by atoms with Crippen LogP contribution in [0.4, 0.5) is 0 Å². The molecule has 0 fully saturated rings. The summed E-state index contributed by atoms with van der Waals surface area (Å²) in [6.07, 6.45) is 0. The summed E-state index contributed by atoms with van der Waals surface area (Å²) in [6.45, 7) is 0. The van der Waals surface area contributed by atoms with Gasteiger partial charge in [0.1, 0.15) is 0 Å². The average Bonchev–Trinajstić information content (AvgIpc) is 2.39. The molecule has 0 spiro atoms. The maximum Gasteiger partial charge on any atom is 0.184 e. The van der Waals surface area contributed by atoms with Crippen LogP contribution in [-0.2, 0) is 0 Å². The van der Waals surface area contributed by atoms with E-state index in [2.05, 4.69) is 0 Å². The third-order valence-corrected chi connectivity index (χ3v) is 2.50. The Hall–Kier alpha value is -1.93. The second-order valence-electron chi connectivity index (χ2n) is 3.62. The molecule has 2 N–H and O–H groups in total. The number of hydrogen-bond acceptors (Lipinski definition) is 2. The molecule has 1 atom stereocenters. The summed E-state index contributed by atoms with van der Waals surface area (Å²) in [7, 11) is 0. The van der Waals surface area contributed by atoms with E-state index in [0.29, 0.717) is 5.56 Å². The quantitative estimate of drug-likeness (QED) is 0.793. The highest BCUT2D eigenvalue weighted by molar-refractivity contribution is 6.00. The molecular formula is C14H13NO. The maximum atomic E-state index is 12.0. The van der Waals surface area contributed by atoms with Crippen LogP contribution in [0.2, 0.25) is 0 Å². The number of Topliss-reactive ketones (excluding diaryl/α,β-unsaturated/α-hetero) is 1. The van der Waals surface area contributed by atoms with Crippen molar-refractivity contribution in [1.29, 1.82) is 0 Å². The van der Waals surface area contributed by atoms with E-state index in [-0.39, 0.29) is 5.78 Å². The summed E-state index contributed by atoms with van der Waals surface area (Å²) in [6, 6.07) is 17.9. The Morgan fingerprint density at radius 2 is 1.38 bits per heavy atom. The molecule has 0 aliphatic rings. The average molecular weight is 211 g/mol. The van der Waals surface area contributed by atoms with E-state index in [1.54, 1.807) is 12.1 Å². The Balaban J connectivity index is 2.24. The van der Waals surface area contributed by atoms with Crippen molar-refractivity contribution in [3.05, 3.63) is 71.8 Å². The predicted molar refractivity (Wildman–Crippen MR) is 64.1 cm³/mol. The van der Waals surface area contributed by atoms with E-state index >= 15 is 0 Å². The summed E-state index contributed by atoms with van der Waals surface area (Å²) in [5.41, 5.74) is 7.42. The topological polar surface area (TPSA) is 43.1 Å². The van der Waals surface area contributed by atoms with Gasteiger partial charge in [-0.25, -0.2) is 0 Å². The van der Waals surface area contributed by atoms with Crippen molar-refractivity contribution in [1.82, 2.24) is 0 Å². The van der Waals surface area contributed by atoms with E-state index in [1.807, 2.05) is 48.5 Å². The van der Waals surface area contributed by atoms with Crippen LogP contribution in [-0.4, -0.2) is 5.78 Å². The highest BCUT2D eigenvalue weighted by Gasteiger charge is 2.16. The van der Waals surface area contributed by atoms with Gasteiger partial charge in [-0.2, -0.15) is 0 Å². The molecule has 0 heterocycles. The van der Waals surface area contributed by atoms with Gasteiger partial charge < -0.3 is 5.73 Å². The standard InChI is InChI=1S/C14H13NO/c15-13(11-7-3-1-4-8-11)14(16)12-9-5-2-6-10-12/h1-10,13H,15H2/t13-/m0/s1. The lowest BCUT2D eigenvalue weighted by Crippen LogP contribution is -2.21. The van der Waals surface area contributed by atoms with Crippen molar-refractivity contribution >= 4 is 5.78 Å². The third-order valence-electron chi connectivity index (χ3n) is 2.50. The zero-order valence-electron chi connectivity index (χ0n) is 8.84. The van der Waals surface area contributed by atoms with Crippen molar-refractivity contribution < 1.29 is 4.79 Å². The van der Waals surface area contributed by atoms with E-state index < -0.39 is 6.04 Å². The summed E-state index contributed by atoms with van der Waals surface area (Å²) in [4.78, 5) is 12.0. The van der Waals surface area contributed by atoms with Crippen LogP contribution in [0.15, 0.2) is 60.7 Å². The number of hydrogen-bond donors (Lipinski definition) is 1. The molecule has 80 valence electrons. The van der Waals surface area contributed by atoms with Gasteiger partial charge >= 0.3 is 0 Å². The van der Waals surface area contributed by atoms with Gasteiger partial charge in [0.2, 0.25) is 0 Å². The maximum absolute atomic E-state index is 12.0. The number of ketones is 1. The molecule has 16 heavy (non-hydrogen) atoms. The van der Waals surface area contributed by atoms with Crippen molar-refractivity contribution in [2.45, 2.75) is 6.04 Å². The van der Waals surface area contributed by atoms with E-state index in [0.717, 1.165) is 5.56 Å². The minimum atomic E-state index is -0.580. The molecule has 2 aromatic carbocycles.